The van der Waals surface area contributed by atoms with Crippen molar-refractivity contribution in [3.05, 3.63) is 41.1 Å². The van der Waals surface area contributed by atoms with E-state index in [0.29, 0.717) is 24.2 Å². The largest absolute Gasteiger partial charge is 0.433 e. The van der Waals surface area contributed by atoms with Crippen molar-refractivity contribution in [3.63, 3.8) is 0 Å². The molecule has 1 aliphatic rings. The van der Waals surface area contributed by atoms with Crippen molar-refractivity contribution >= 4 is 17.7 Å². The molecule has 1 heterocycles. The third-order valence-electron chi connectivity index (χ3n) is 4.36. The Hall–Kier alpha value is -2.09. The summed E-state index contributed by atoms with van der Waals surface area (Å²) < 4.78 is 40.7. The maximum Gasteiger partial charge on any atom is 0.433 e. The number of aryl methyl sites for hydroxylation is 1. The van der Waals surface area contributed by atoms with Crippen LogP contribution in [0, 0.1) is 0 Å². The summed E-state index contributed by atoms with van der Waals surface area (Å²) in [5, 5.41) is 2.71. The van der Waals surface area contributed by atoms with Gasteiger partial charge in [-0.15, -0.1) is 0 Å². The van der Waals surface area contributed by atoms with Crippen LogP contribution in [0.15, 0.2) is 29.4 Å². The fourth-order valence-electron chi connectivity index (χ4n) is 3.04. The van der Waals surface area contributed by atoms with E-state index in [1.54, 1.807) is 12.1 Å². The molecule has 0 radical (unpaired) electrons. The van der Waals surface area contributed by atoms with Gasteiger partial charge >= 0.3 is 6.18 Å². The van der Waals surface area contributed by atoms with Crippen molar-refractivity contribution in [3.8, 4) is 11.3 Å². The number of carbonyl (C=O) groups is 1. The lowest BCUT2D eigenvalue weighted by atomic mass is 9.88. The highest BCUT2D eigenvalue weighted by Crippen LogP contribution is 2.40. The van der Waals surface area contributed by atoms with Gasteiger partial charge in [0.1, 0.15) is 0 Å². The zero-order valence-corrected chi connectivity index (χ0v) is 15.7. The molecule has 27 heavy (non-hydrogen) atoms. The summed E-state index contributed by atoms with van der Waals surface area (Å²) in [6, 6.07) is 7.34. The predicted octanol–water partition coefficient (Wildman–Crippen LogP) is 4.27. The number of carbonyl (C=O) groups excluding carboxylic acids is 1. The van der Waals surface area contributed by atoms with Crippen molar-refractivity contribution in [2.45, 2.75) is 43.9 Å². The van der Waals surface area contributed by atoms with Crippen LogP contribution in [-0.2, 0) is 23.8 Å². The van der Waals surface area contributed by atoms with Gasteiger partial charge in [0.2, 0.25) is 5.91 Å². The Kier molecular flexibility index (Phi) is 6.04. The second kappa shape index (κ2) is 8.29. The first-order valence-corrected chi connectivity index (χ1v) is 9.84. The Bertz CT molecular complexity index is 839. The average Bonchev–Trinajstić information content (AvgIpc) is 2.65. The highest BCUT2D eigenvalue weighted by atomic mass is 32.2. The molecule has 0 saturated carbocycles. The van der Waals surface area contributed by atoms with E-state index in [9.17, 15) is 18.0 Å². The van der Waals surface area contributed by atoms with Crippen LogP contribution in [0.1, 0.15) is 36.6 Å². The molecule has 1 amide bonds. The molecule has 144 valence electrons. The fourth-order valence-corrected chi connectivity index (χ4v) is 3.71. The van der Waals surface area contributed by atoms with E-state index in [1.807, 2.05) is 19.1 Å². The molecule has 0 bridgehead atoms. The van der Waals surface area contributed by atoms with E-state index in [2.05, 4.69) is 15.3 Å². The molecule has 0 saturated heterocycles. The van der Waals surface area contributed by atoms with Gasteiger partial charge in [0.15, 0.2) is 10.9 Å². The maximum absolute atomic E-state index is 13.6. The van der Waals surface area contributed by atoms with Crippen molar-refractivity contribution in [1.82, 2.24) is 15.3 Å². The predicted molar refractivity (Wildman–Crippen MR) is 98.5 cm³/mol. The molecule has 1 aromatic carbocycles. The standard InChI is InChI=1S/C19H20F3N3OS/c1-2-3-10-23-15(26)11-27-18-24-16-13-7-5-4-6-12(13)8-9-14(16)17(25-18)19(20,21)22/h4-7H,2-3,8-11H2,1H3,(H,23,26). The normalized spacial score (nSPS) is 13.0. The number of unbranched alkanes of at least 4 members (excludes halogenated alkanes) is 1. The van der Waals surface area contributed by atoms with Gasteiger partial charge in [-0.05, 0) is 24.8 Å². The lowest BCUT2D eigenvalue weighted by Gasteiger charge is -2.22. The van der Waals surface area contributed by atoms with Gasteiger partial charge < -0.3 is 5.32 Å². The van der Waals surface area contributed by atoms with Gasteiger partial charge in [-0.1, -0.05) is 49.4 Å². The number of hydrogen-bond acceptors (Lipinski definition) is 4. The van der Waals surface area contributed by atoms with E-state index in [0.717, 1.165) is 30.2 Å². The van der Waals surface area contributed by atoms with Crippen LogP contribution in [0.25, 0.3) is 11.3 Å². The minimum atomic E-state index is -4.56. The summed E-state index contributed by atoms with van der Waals surface area (Å²) in [5.41, 5.74) is 1.26. The van der Waals surface area contributed by atoms with Crippen molar-refractivity contribution < 1.29 is 18.0 Å². The Morgan fingerprint density at radius 1 is 1.22 bits per heavy atom. The minimum Gasteiger partial charge on any atom is -0.355 e. The van der Waals surface area contributed by atoms with Crippen LogP contribution >= 0.6 is 11.8 Å². The Labute approximate surface area is 160 Å². The summed E-state index contributed by atoms with van der Waals surface area (Å²) in [4.78, 5) is 20.0. The lowest BCUT2D eigenvalue weighted by Crippen LogP contribution is -2.26. The molecule has 1 N–H and O–H groups in total. The first-order chi connectivity index (χ1) is 12.9. The number of alkyl halides is 3. The summed E-state index contributed by atoms with van der Waals surface area (Å²) in [7, 11) is 0. The zero-order chi connectivity index (χ0) is 19.4. The van der Waals surface area contributed by atoms with Gasteiger partial charge in [-0.2, -0.15) is 13.2 Å². The molecule has 0 aliphatic heterocycles. The van der Waals surface area contributed by atoms with Crippen LogP contribution in [0.2, 0.25) is 0 Å². The summed E-state index contributed by atoms with van der Waals surface area (Å²) in [5.74, 6) is -0.245. The van der Waals surface area contributed by atoms with E-state index in [4.69, 9.17) is 0 Å². The number of rotatable bonds is 6. The number of amides is 1. The Morgan fingerprint density at radius 2 is 2.00 bits per heavy atom. The van der Waals surface area contributed by atoms with E-state index in [1.165, 1.54) is 0 Å². The van der Waals surface area contributed by atoms with E-state index in [-0.39, 0.29) is 28.8 Å². The minimum absolute atomic E-state index is 0.0125. The molecule has 1 aromatic heterocycles. The fraction of sp³-hybridized carbons (Fsp3) is 0.421. The number of thioether (sulfide) groups is 1. The highest BCUT2D eigenvalue weighted by molar-refractivity contribution is 7.99. The SMILES string of the molecule is CCCCNC(=O)CSc1nc2c(c(C(F)(F)F)n1)CCc1ccccc1-2. The topological polar surface area (TPSA) is 54.9 Å². The first kappa shape index (κ1) is 19.7. The molecule has 0 spiro atoms. The molecule has 0 atom stereocenters. The molecular formula is C19H20F3N3OS. The van der Waals surface area contributed by atoms with Crippen molar-refractivity contribution in [2.24, 2.45) is 0 Å². The van der Waals surface area contributed by atoms with Crippen LogP contribution in [0.4, 0.5) is 13.2 Å². The number of fused-ring (bicyclic) bond motifs is 3. The van der Waals surface area contributed by atoms with Gasteiger partial charge in [0.25, 0.3) is 0 Å². The Morgan fingerprint density at radius 3 is 2.74 bits per heavy atom. The lowest BCUT2D eigenvalue weighted by molar-refractivity contribution is -0.142. The third kappa shape index (κ3) is 4.61. The van der Waals surface area contributed by atoms with Crippen LogP contribution in [0.5, 0.6) is 0 Å². The molecule has 2 aromatic rings. The quantitative estimate of drug-likeness (QED) is 0.451. The highest BCUT2D eigenvalue weighted by Gasteiger charge is 2.38. The smallest absolute Gasteiger partial charge is 0.355 e. The Balaban J connectivity index is 1.89. The summed E-state index contributed by atoms with van der Waals surface area (Å²) >= 11 is 0.930. The van der Waals surface area contributed by atoms with E-state index < -0.39 is 11.9 Å². The van der Waals surface area contributed by atoms with Gasteiger partial charge in [0.05, 0.1) is 11.4 Å². The number of nitrogens with one attached hydrogen (secondary N) is 1. The number of benzene rings is 1. The number of hydrogen-bond donors (Lipinski definition) is 1. The first-order valence-electron chi connectivity index (χ1n) is 8.86. The zero-order valence-electron chi connectivity index (χ0n) is 14.9. The molecule has 0 fully saturated rings. The van der Waals surface area contributed by atoms with E-state index >= 15 is 0 Å². The number of aromatic nitrogens is 2. The molecule has 1 aliphatic carbocycles. The summed E-state index contributed by atoms with van der Waals surface area (Å²) in [6.45, 7) is 2.57. The average molecular weight is 395 g/mol. The second-order valence-corrected chi connectivity index (χ2v) is 7.27. The van der Waals surface area contributed by atoms with Crippen LogP contribution in [-0.4, -0.2) is 28.2 Å². The molecule has 8 heteroatoms. The van der Waals surface area contributed by atoms with Gasteiger partial charge in [-0.25, -0.2) is 9.97 Å². The monoisotopic (exact) mass is 395 g/mol. The van der Waals surface area contributed by atoms with Crippen molar-refractivity contribution in [2.75, 3.05) is 12.3 Å². The van der Waals surface area contributed by atoms with Gasteiger partial charge in [-0.3, -0.25) is 4.79 Å². The van der Waals surface area contributed by atoms with Crippen molar-refractivity contribution in [1.29, 1.82) is 0 Å². The summed E-state index contributed by atoms with van der Waals surface area (Å²) in [6.07, 6.45) is -1.96. The molecule has 4 nitrogen and oxygen atoms in total. The van der Waals surface area contributed by atoms with Gasteiger partial charge in [0, 0.05) is 17.7 Å². The second-order valence-electron chi connectivity index (χ2n) is 6.33. The third-order valence-corrected chi connectivity index (χ3v) is 5.20. The van der Waals surface area contributed by atoms with Crippen LogP contribution in [0.3, 0.4) is 0 Å². The molecule has 0 unspecified atom stereocenters. The maximum atomic E-state index is 13.6. The van der Waals surface area contributed by atoms with Crippen LogP contribution < -0.4 is 5.32 Å². The molecule has 3 rings (SSSR count). The number of halogens is 3. The number of nitrogens with zero attached hydrogens (tertiary/aromatic N) is 2. The molecular weight excluding hydrogens is 375 g/mol.